The van der Waals surface area contributed by atoms with Gasteiger partial charge in [0.05, 0.1) is 5.02 Å². The molecule has 0 spiro atoms. The highest BCUT2D eigenvalue weighted by molar-refractivity contribution is 6.34. The zero-order chi connectivity index (χ0) is 12.0. The van der Waals surface area contributed by atoms with Gasteiger partial charge in [0, 0.05) is 12.6 Å². The highest BCUT2D eigenvalue weighted by Crippen LogP contribution is 2.40. The third-order valence-electron chi connectivity index (χ3n) is 3.56. The predicted octanol–water partition coefficient (Wildman–Crippen LogP) is 3.22. The fraction of sp³-hybridized carbons (Fsp3) is 0.385. The molecule has 0 bridgehead atoms. The van der Waals surface area contributed by atoms with Crippen LogP contribution in [-0.4, -0.2) is 14.6 Å². The first kappa shape index (κ1) is 10.8. The van der Waals surface area contributed by atoms with E-state index in [4.69, 9.17) is 11.6 Å². The van der Waals surface area contributed by atoms with Crippen molar-refractivity contribution in [2.75, 3.05) is 0 Å². The predicted molar refractivity (Wildman–Crippen MR) is 69.1 cm³/mol. The molecule has 0 amide bonds. The Bertz CT molecular complexity index is 588. The molecule has 0 N–H and O–H groups in total. The Morgan fingerprint density at radius 2 is 2.35 bits per heavy atom. The quantitative estimate of drug-likeness (QED) is 0.834. The van der Waals surface area contributed by atoms with Crippen molar-refractivity contribution in [2.24, 2.45) is 11.8 Å². The Morgan fingerprint density at radius 1 is 1.59 bits per heavy atom. The molecule has 1 aliphatic carbocycles. The van der Waals surface area contributed by atoms with E-state index in [-0.39, 0.29) is 0 Å². The highest BCUT2D eigenvalue weighted by atomic mass is 35.5. The van der Waals surface area contributed by atoms with Crippen LogP contribution >= 0.6 is 11.6 Å². The Hall–Kier alpha value is -1.35. The van der Waals surface area contributed by atoms with Crippen LogP contribution in [0, 0.1) is 11.8 Å². The van der Waals surface area contributed by atoms with Crippen molar-refractivity contribution in [3.05, 3.63) is 35.3 Å². The molecular weight excluding hydrogens is 234 g/mol. The van der Waals surface area contributed by atoms with Crippen LogP contribution < -0.4 is 0 Å². The number of fused-ring (bicyclic) bond motifs is 1. The van der Waals surface area contributed by atoms with Crippen molar-refractivity contribution in [3.8, 4) is 0 Å². The fourth-order valence-corrected chi connectivity index (χ4v) is 2.47. The minimum absolute atomic E-state index is 0.630. The van der Waals surface area contributed by atoms with Gasteiger partial charge in [-0.1, -0.05) is 31.2 Å². The second-order valence-electron chi connectivity index (χ2n) is 4.78. The summed E-state index contributed by atoms with van der Waals surface area (Å²) < 4.78 is 1.99. The van der Waals surface area contributed by atoms with Gasteiger partial charge < -0.3 is 0 Å². The first-order valence-electron chi connectivity index (χ1n) is 5.85. The van der Waals surface area contributed by atoms with E-state index in [1.54, 1.807) is 6.08 Å². The maximum absolute atomic E-state index is 6.24. The molecule has 2 unspecified atom stereocenters. The molecule has 1 aliphatic rings. The van der Waals surface area contributed by atoms with Crippen LogP contribution in [0.4, 0.5) is 0 Å². The highest BCUT2D eigenvalue weighted by Gasteiger charge is 2.33. The molecule has 0 aromatic carbocycles. The molecule has 4 heteroatoms. The number of nitrogens with zero attached hydrogens (tertiary/aromatic N) is 3. The normalized spacial score (nSPS) is 22.9. The SMILES string of the molecule is C=Cc1ccn2c(CC3CC3C)nnc2c1Cl. The van der Waals surface area contributed by atoms with Crippen molar-refractivity contribution in [1.29, 1.82) is 0 Å². The Balaban J connectivity index is 2.04. The lowest BCUT2D eigenvalue weighted by molar-refractivity contribution is 0.702. The average Bonchev–Trinajstić information content (AvgIpc) is 2.86. The maximum atomic E-state index is 6.24. The van der Waals surface area contributed by atoms with Gasteiger partial charge in [-0.25, -0.2) is 0 Å². The largest absolute Gasteiger partial charge is 0.285 e. The number of halogens is 1. The summed E-state index contributed by atoms with van der Waals surface area (Å²) in [4.78, 5) is 0. The van der Waals surface area contributed by atoms with Crippen LogP contribution in [-0.2, 0) is 6.42 Å². The summed E-state index contributed by atoms with van der Waals surface area (Å²) in [7, 11) is 0. The van der Waals surface area contributed by atoms with Crippen molar-refractivity contribution >= 4 is 23.3 Å². The topological polar surface area (TPSA) is 30.2 Å². The number of hydrogen-bond acceptors (Lipinski definition) is 2. The van der Waals surface area contributed by atoms with Gasteiger partial charge in [-0.05, 0) is 29.9 Å². The molecule has 0 aliphatic heterocycles. The molecule has 17 heavy (non-hydrogen) atoms. The molecular formula is C13H14ClN3. The van der Waals surface area contributed by atoms with E-state index in [0.717, 1.165) is 35.3 Å². The van der Waals surface area contributed by atoms with Gasteiger partial charge in [0.15, 0.2) is 5.65 Å². The molecule has 2 aromatic rings. The summed E-state index contributed by atoms with van der Waals surface area (Å²) in [6.07, 6.45) is 6.00. The van der Waals surface area contributed by atoms with Crippen molar-refractivity contribution in [3.63, 3.8) is 0 Å². The minimum atomic E-state index is 0.630. The number of rotatable bonds is 3. The molecule has 2 aromatic heterocycles. The van der Waals surface area contributed by atoms with Crippen molar-refractivity contribution in [2.45, 2.75) is 19.8 Å². The second-order valence-corrected chi connectivity index (χ2v) is 5.15. The zero-order valence-electron chi connectivity index (χ0n) is 9.73. The Kier molecular flexibility index (Phi) is 2.44. The van der Waals surface area contributed by atoms with Crippen LogP contribution in [0.25, 0.3) is 11.7 Å². The second kappa shape index (κ2) is 3.84. The summed E-state index contributed by atoms with van der Waals surface area (Å²) >= 11 is 6.24. The van der Waals surface area contributed by atoms with Gasteiger partial charge in [0.1, 0.15) is 5.82 Å². The van der Waals surface area contributed by atoms with Gasteiger partial charge in [0.25, 0.3) is 0 Å². The third kappa shape index (κ3) is 1.75. The van der Waals surface area contributed by atoms with Gasteiger partial charge in [-0.3, -0.25) is 4.40 Å². The number of hydrogen-bond donors (Lipinski definition) is 0. The summed E-state index contributed by atoms with van der Waals surface area (Å²) in [5.41, 5.74) is 1.63. The maximum Gasteiger partial charge on any atom is 0.180 e. The van der Waals surface area contributed by atoms with Crippen LogP contribution in [0.15, 0.2) is 18.8 Å². The molecule has 1 saturated carbocycles. The summed E-state index contributed by atoms with van der Waals surface area (Å²) in [5, 5.41) is 9.04. The Labute approximate surface area is 105 Å². The van der Waals surface area contributed by atoms with Crippen LogP contribution in [0.1, 0.15) is 24.7 Å². The first-order valence-corrected chi connectivity index (χ1v) is 6.23. The molecule has 2 atom stereocenters. The fourth-order valence-electron chi connectivity index (χ4n) is 2.20. The van der Waals surface area contributed by atoms with E-state index in [9.17, 15) is 0 Å². The standard InChI is InChI=1S/C13H14ClN3/c1-3-9-4-5-17-11(7-10-6-8(10)2)15-16-13(17)12(9)14/h3-5,8,10H,1,6-7H2,2H3. The molecule has 1 fully saturated rings. The lowest BCUT2D eigenvalue weighted by atomic mass is 10.2. The average molecular weight is 248 g/mol. The number of pyridine rings is 1. The van der Waals surface area contributed by atoms with Crippen LogP contribution in [0.2, 0.25) is 5.02 Å². The van der Waals surface area contributed by atoms with Crippen LogP contribution in [0.5, 0.6) is 0 Å². The van der Waals surface area contributed by atoms with E-state index in [2.05, 4.69) is 23.7 Å². The third-order valence-corrected chi connectivity index (χ3v) is 3.95. The summed E-state index contributed by atoms with van der Waals surface area (Å²) in [6.45, 7) is 6.01. The van der Waals surface area contributed by atoms with Crippen molar-refractivity contribution in [1.82, 2.24) is 14.6 Å². The molecule has 2 heterocycles. The zero-order valence-corrected chi connectivity index (χ0v) is 10.5. The molecule has 3 nitrogen and oxygen atoms in total. The molecule has 3 rings (SSSR count). The monoisotopic (exact) mass is 247 g/mol. The molecule has 0 radical (unpaired) electrons. The van der Waals surface area contributed by atoms with Crippen LogP contribution in [0.3, 0.4) is 0 Å². The van der Waals surface area contributed by atoms with E-state index < -0.39 is 0 Å². The van der Waals surface area contributed by atoms with E-state index in [1.807, 2.05) is 16.7 Å². The molecule has 88 valence electrons. The van der Waals surface area contributed by atoms with Gasteiger partial charge in [0.2, 0.25) is 0 Å². The Morgan fingerprint density at radius 3 is 3.00 bits per heavy atom. The van der Waals surface area contributed by atoms with Crippen molar-refractivity contribution < 1.29 is 0 Å². The minimum Gasteiger partial charge on any atom is -0.285 e. The van der Waals surface area contributed by atoms with Gasteiger partial charge in [-0.2, -0.15) is 0 Å². The first-order chi connectivity index (χ1) is 8.20. The van der Waals surface area contributed by atoms with E-state index in [1.165, 1.54) is 6.42 Å². The lowest BCUT2D eigenvalue weighted by Crippen LogP contribution is -1.97. The number of aromatic nitrogens is 3. The van der Waals surface area contributed by atoms with Gasteiger partial charge >= 0.3 is 0 Å². The smallest absolute Gasteiger partial charge is 0.180 e. The van der Waals surface area contributed by atoms with Gasteiger partial charge in [-0.15, -0.1) is 10.2 Å². The van der Waals surface area contributed by atoms with E-state index >= 15 is 0 Å². The lowest BCUT2D eigenvalue weighted by Gasteiger charge is -2.02. The van der Waals surface area contributed by atoms with E-state index in [0.29, 0.717) is 5.02 Å². The summed E-state index contributed by atoms with van der Waals surface area (Å²) in [6, 6.07) is 1.95. The molecule has 0 saturated heterocycles. The summed E-state index contributed by atoms with van der Waals surface area (Å²) in [5.74, 6) is 2.59.